The minimum atomic E-state index is -0.0900. The Morgan fingerprint density at radius 3 is 2.53 bits per heavy atom. The fourth-order valence-corrected chi connectivity index (χ4v) is 2.06. The molecule has 0 radical (unpaired) electrons. The number of hydrogen-bond acceptors (Lipinski definition) is 2. The highest BCUT2D eigenvalue weighted by Crippen LogP contribution is 2.21. The third-order valence-electron chi connectivity index (χ3n) is 3.12. The van der Waals surface area contributed by atoms with Gasteiger partial charge in [0.25, 0.3) is 0 Å². The number of aryl methyl sites for hydroxylation is 1. The molecule has 1 aliphatic heterocycles. The zero-order valence-electron chi connectivity index (χ0n) is 10.5. The van der Waals surface area contributed by atoms with Crippen LogP contribution in [0, 0.1) is 0 Å². The molecule has 0 aliphatic carbocycles. The van der Waals surface area contributed by atoms with Crippen molar-refractivity contribution < 1.29 is 4.79 Å². The van der Waals surface area contributed by atoms with Gasteiger partial charge in [0.2, 0.25) is 0 Å². The molecule has 0 fully saturated rings. The molecule has 90 valence electrons. The van der Waals surface area contributed by atoms with Crippen LogP contribution in [0.2, 0.25) is 0 Å². The summed E-state index contributed by atoms with van der Waals surface area (Å²) >= 11 is 0. The van der Waals surface area contributed by atoms with Crippen molar-refractivity contribution in [3.05, 3.63) is 47.7 Å². The van der Waals surface area contributed by atoms with Crippen molar-refractivity contribution in [1.82, 2.24) is 5.32 Å². The lowest BCUT2D eigenvalue weighted by Crippen LogP contribution is -2.42. The molecule has 0 atom stereocenters. The maximum Gasteiger partial charge on any atom is 0.162 e. The highest BCUT2D eigenvalue weighted by atomic mass is 16.1. The summed E-state index contributed by atoms with van der Waals surface area (Å²) < 4.78 is 0. The monoisotopic (exact) mass is 229 g/mol. The molecule has 1 aromatic rings. The first kappa shape index (κ1) is 11.9. The third kappa shape index (κ3) is 3.19. The molecule has 2 rings (SSSR count). The van der Waals surface area contributed by atoms with E-state index in [4.69, 9.17) is 0 Å². The SMILES string of the molecule is CC1(C)CC(=O)C(CCc2ccccc2)=CN1. The second-order valence-corrected chi connectivity index (χ2v) is 5.28. The van der Waals surface area contributed by atoms with Crippen molar-refractivity contribution in [2.45, 2.75) is 38.6 Å². The van der Waals surface area contributed by atoms with Crippen molar-refractivity contribution in [3.63, 3.8) is 0 Å². The topological polar surface area (TPSA) is 29.1 Å². The van der Waals surface area contributed by atoms with E-state index in [-0.39, 0.29) is 11.3 Å². The van der Waals surface area contributed by atoms with E-state index in [0.717, 1.165) is 18.4 Å². The number of ketones is 1. The molecule has 0 spiro atoms. The van der Waals surface area contributed by atoms with Crippen LogP contribution >= 0.6 is 0 Å². The molecular formula is C15H19NO. The molecular weight excluding hydrogens is 210 g/mol. The molecule has 0 bridgehead atoms. The highest BCUT2D eigenvalue weighted by molar-refractivity contribution is 5.96. The molecule has 2 nitrogen and oxygen atoms in total. The summed E-state index contributed by atoms with van der Waals surface area (Å²) in [5.74, 6) is 0.282. The van der Waals surface area contributed by atoms with E-state index in [2.05, 4.69) is 31.3 Å². The lowest BCUT2D eigenvalue weighted by Gasteiger charge is -2.29. The Morgan fingerprint density at radius 2 is 1.88 bits per heavy atom. The van der Waals surface area contributed by atoms with Crippen LogP contribution in [0.25, 0.3) is 0 Å². The number of Topliss-reactive ketones (excluding diaryl/α,β-unsaturated/α-hetero) is 1. The normalized spacial score (nSPS) is 18.5. The van der Waals surface area contributed by atoms with Gasteiger partial charge in [-0.1, -0.05) is 30.3 Å². The lowest BCUT2D eigenvalue weighted by molar-refractivity contribution is -0.117. The minimum absolute atomic E-state index is 0.0900. The van der Waals surface area contributed by atoms with Gasteiger partial charge in [0.15, 0.2) is 5.78 Å². The Labute approximate surface area is 103 Å². The molecule has 1 heterocycles. The van der Waals surface area contributed by atoms with Crippen LogP contribution in [0.4, 0.5) is 0 Å². The lowest BCUT2D eigenvalue weighted by atomic mass is 9.89. The zero-order chi connectivity index (χ0) is 12.3. The first-order valence-corrected chi connectivity index (χ1v) is 6.11. The minimum Gasteiger partial charge on any atom is -0.385 e. The summed E-state index contributed by atoms with van der Waals surface area (Å²) in [6.45, 7) is 4.10. The Balaban J connectivity index is 1.97. The standard InChI is InChI=1S/C15H19NO/c1-15(2)10-14(17)13(11-16-15)9-8-12-6-4-3-5-7-12/h3-7,11,16H,8-10H2,1-2H3. The summed E-state index contributed by atoms with van der Waals surface area (Å²) in [7, 11) is 0. The average Bonchev–Trinajstić information content (AvgIpc) is 2.28. The Bertz CT molecular complexity index is 431. The van der Waals surface area contributed by atoms with E-state index in [1.165, 1.54) is 5.56 Å². The molecule has 1 N–H and O–H groups in total. The summed E-state index contributed by atoms with van der Waals surface area (Å²) in [5.41, 5.74) is 2.12. The van der Waals surface area contributed by atoms with Crippen molar-refractivity contribution in [2.75, 3.05) is 0 Å². The molecule has 0 unspecified atom stereocenters. The molecule has 0 saturated heterocycles. The summed E-state index contributed by atoms with van der Waals surface area (Å²) in [5, 5.41) is 3.29. The van der Waals surface area contributed by atoms with Gasteiger partial charge in [0.1, 0.15) is 0 Å². The summed E-state index contributed by atoms with van der Waals surface area (Å²) in [6.07, 6.45) is 4.24. The van der Waals surface area contributed by atoms with Gasteiger partial charge in [-0.05, 0) is 32.3 Å². The molecule has 0 saturated carbocycles. The molecule has 1 aromatic carbocycles. The van der Waals surface area contributed by atoms with Crippen LogP contribution in [0.5, 0.6) is 0 Å². The zero-order valence-corrected chi connectivity index (χ0v) is 10.5. The number of carbonyl (C=O) groups is 1. The van der Waals surface area contributed by atoms with Crippen molar-refractivity contribution in [2.24, 2.45) is 0 Å². The van der Waals surface area contributed by atoms with E-state index in [1.807, 2.05) is 24.4 Å². The molecule has 0 amide bonds. The van der Waals surface area contributed by atoms with Crippen LogP contribution < -0.4 is 5.32 Å². The number of carbonyl (C=O) groups excluding carboxylic acids is 1. The largest absolute Gasteiger partial charge is 0.385 e. The van der Waals surface area contributed by atoms with Gasteiger partial charge in [0, 0.05) is 23.7 Å². The van der Waals surface area contributed by atoms with E-state index in [1.54, 1.807) is 0 Å². The quantitative estimate of drug-likeness (QED) is 0.863. The molecule has 0 aromatic heterocycles. The summed E-state index contributed by atoms with van der Waals surface area (Å²) in [6, 6.07) is 10.3. The van der Waals surface area contributed by atoms with Gasteiger partial charge in [-0.3, -0.25) is 4.79 Å². The first-order chi connectivity index (χ1) is 8.07. The van der Waals surface area contributed by atoms with E-state index in [0.29, 0.717) is 6.42 Å². The van der Waals surface area contributed by atoms with Crippen molar-refractivity contribution >= 4 is 5.78 Å². The Hall–Kier alpha value is -1.57. The second kappa shape index (κ2) is 4.74. The van der Waals surface area contributed by atoms with Crippen LogP contribution in [-0.2, 0) is 11.2 Å². The van der Waals surface area contributed by atoms with Gasteiger partial charge >= 0.3 is 0 Å². The smallest absolute Gasteiger partial charge is 0.162 e. The van der Waals surface area contributed by atoms with E-state index in [9.17, 15) is 4.79 Å². The maximum absolute atomic E-state index is 11.9. The van der Waals surface area contributed by atoms with Crippen molar-refractivity contribution in [3.8, 4) is 0 Å². The van der Waals surface area contributed by atoms with Gasteiger partial charge in [-0.25, -0.2) is 0 Å². The fourth-order valence-electron chi connectivity index (χ4n) is 2.06. The predicted octanol–water partition coefficient (Wildman–Crippen LogP) is 2.84. The van der Waals surface area contributed by atoms with Gasteiger partial charge in [-0.2, -0.15) is 0 Å². The number of allylic oxidation sites excluding steroid dienone is 1. The van der Waals surface area contributed by atoms with Crippen LogP contribution in [0.3, 0.4) is 0 Å². The third-order valence-corrected chi connectivity index (χ3v) is 3.12. The fraction of sp³-hybridized carbons (Fsp3) is 0.400. The second-order valence-electron chi connectivity index (χ2n) is 5.28. The van der Waals surface area contributed by atoms with Gasteiger partial charge < -0.3 is 5.32 Å². The number of rotatable bonds is 3. The average molecular weight is 229 g/mol. The maximum atomic E-state index is 11.9. The number of hydrogen-bond donors (Lipinski definition) is 1. The first-order valence-electron chi connectivity index (χ1n) is 6.11. The Morgan fingerprint density at radius 1 is 1.18 bits per heavy atom. The number of nitrogens with one attached hydrogen (secondary N) is 1. The highest BCUT2D eigenvalue weighted by Gasteiger charge is 2.26. The van der Waals surface area contributed by atoms with E-state index < -0.39 is 0 Å². The van der Waals surface area contributed by atoms with Crippen LogP contribution in [-0.4, -0.2) is 11.3 Å². The Kier molecular flexibility index (Phi) is 3.32. The molecule has 1 aliphatic rings. The molecule has 2 heteroatoms. The summed E-state index contributed by atoms with van der Waals surface area (Å²) in [4.78, 5) is 11.9. The van der Waals surface area contributed by atoms with Gasteiger partial charge in [0.05, 0.1) is 0 Å². The van der Waals surface area contributed by atoms with Crippen LogP contribution in [0.1, 0.15) is 32.3 Å². The van der Waals surface area contributed by atoms with Gasteiger partial charge in [-0.15, -0.1) is 0 Å². The number of benzene rings is 1. The van der Waals surface area contributed by atoms with Crippen molar-refractivity contribution in [1.29, 1.82) is 0 Å². The molecule has 17 heavy (non-hydrogen) atoms. The predicted molar refractivity (Wildman–Crippen MR) is 69.7 cm³/mol. The van der Waals surface area contributed by atoms with Crippen LogP contribution in [0.15, 0.2) is 42.1 Å². The van der Waals surface area contributed by atoms with E-state index >= 15 is 0 Å².